The maximum atomic E-state index is 10.3. The Morgan fingerprint density at radius 3 is 1.54 bits per heavy atom. The Balaban J connectivity index is -0.000000500. The summed E-state index contributed by atoms with van der Waals surface area (Å²) in [5, 5.41) is -2.07. The van der Waals surface area contributed by atoms with Crippen LogP contribution in [0.2, 0.25) is 0 Å². The normalized spacial score (nSPS) is 13.9. The Morgan fingerprint density at radius 2 is 1.54 bits per heavy atom. The Hall–Kier alpha value is 2.30. The summed E-state index contributed by atoms with van der Waals surface area (Å²) in [7, 11) is -9.95. The molecule has 0 aromatic carbocycles. The molecular weight excluding hydrogens is 240 g/mol. The summed E-state index contributed by atoms with van der Waals surface area (Å²) in [4.78, 5) is 37.1. The monoisotopic (exact) mass is 248 g/mol. The molecule has 0 heterocycles. The summed E-state index contributed by atoms with van der Waals surface area (Å²) in [6.07, 6.45) is -0.367. The fourth-order valence-electron chi connectivity index (χ4n) is 0.646. The van der Waals surface area contributed by atoms with E-state index in [9.17, 15) is 18.9 Å². The van der Waals surface area contributed by atoms with Crippen LogP contribution in [-0.4, -0.2) is 15.2 Å². The summed E-state index contributed by atoms with van der Waals surface area (Å²) < 4.78 is 20.5. The van der Waals surface area contributed by atoms with Crippen molar-refractivity contribution in [3.63, 3.8) is 0 Å². The van der Waals surface area contributed by atoms with Gasteiger partial charge in [0.25, 0.3) is 0 Å². The van der Waals surface area contributed by atoms with E-state index in [4.69, 9.17) is 9.79 Å². The second-order valence-electron chi connectivity index (χ2n) is 2.02. The van der Waals surface area contributed by atoms with Crippen LogP contribution >= 0.6 is 15.2 Å². The molecule has 0 saturated heterocycles. The predicted molar refractivity (Wildman–Crippen MR) is 33.7 cm³/mol. The van der Waals surface area contributed by atoms with E-state index in [0.29, 0.717) is 0 Å². The van der Waals surface area contributed by atoms with Crippen molar-refractivity contribution < 1.29 is 87.8 Å². The van der Waals surface area contributed by atoms with E-state index in [-0.39, 0.29) is 65.5 Å². The molecule has 0 aliphatic heterocycles. The minimum Gasteiger partial charge on any atom is -0.810 e. The molecule has 0 spiro atoms. The average molecular weight is 248 g/mol. The molecule has 1 unspecified atom stereocenters. The van der Waals surface area contributed by atoms with Crippen LogP contribution in [0.3, 0.4) is 0 Å². The van der Waals surface area contributed by atoms with Gasteiger partial charge in [0.2, 0.25) is 0 Å². The third kappa shape index (κ3) is 8.14. The van der Waals surface area contributed by atoms with Crippen molar-refractivity contribution in [1.82, 2.24) is 0 Å². The molecule has 6 nitrogen and oxygen atoms in total. The molecule has 2 N–H and O–H groups in total. The van der Waals surface area contributed by atoms with Crippen molar-refractivity contribution >= 4 is 15.2 Å². The topological polar surface area (TPSA) is 121 Å². The van der Waals surface area contributed by atoms with Crippen molar-refractivity contribution in [1.29, 1.82) is 0 Å². The summed E-state index contributed by atoms with van der Waals surface area (Å²) in [5.41, 5.74) is 0. The van der Waals surface area contributed by atoms with Crippen molar-refractivity contribution in [3.8, 4) is 0 Å². The van der Waals surface area contributed by atoms with Gasteiger partial charge in [0.05, 0.1) is 5.40 Å². The molecule has 0 bridgehead atoms. The van der Waals surface area contributed by atoms with Gasteiger partial charge in [0.15, 0.2) is 0 Å². The largest absolute Gasteiger partial charge is 1.00 e. The zero-order valence-electron chi connectivity index (χ0n) is 7.71. The Labute approximate surface area is 120 Å². The average Bonchev–Trinajstić information content (AvgIpc) is 1.56. The first-order chi connectivity index (χ1) is 4.69. The van der Waals surface area contributed by atoms with Crippen molar-refractivity contribution in [2.75, 3.05) is 0 Å². The summed E-state index contributed by atoms with van der Waals surface area (Å²) >= 11 is 0. The predicted octanol–water partition coefficient (Wildman–Crippen LogP) is -7.18. The first-order valence-electron chi connectivity index (χ1n) is 2.76. The quantitative estimate of drug-likeness (QED) is 0.378. The Bertz CT molecular complexity index is 198. The molecule has 0 rings (SSSR count). The molecule has 0 amide bonds. The molecule has 0 aromatic heterocycles. The number of hydrogen-bond donors (Lipinski definition) is 2. The van der Waals surface area contributed by atoms with Crippen molar-refractivity contribution in [2.45, 2.75) is 18.7 Å². The first kappa shape index (κ1) is 20.7. The van der Waals surface area contributed by atoms with Crippen LogP contribution in [0.25, 0.3) is 0 Å². The number of hydrogen-bond acceptors (Lipinski definition) is 4. The molecule has 0 radical (unpaired) electrons. The van der Waals surface area contributed by atoms with Gasteiger partial charge in [0.1, 0.15) is 0 Å². The SMILES string of the molecule is CCC(P(=O)([O-])[O-])P(=O)(O)O.[Na+].[Na+]. The zero-order valence-corrected chi connectivity index (χ0v) is 13.5. The molecule has 0 aliphatic carbocycles. The molecular formula is C3H8Na2O6P2. The van der Waals surface area contributed by atoms with Gasteiger partial charge < -0.3 is 24.1 Å². The van der Waals surface area contributed by atoms with Crippen molar-refractivity contribution in [3.05, 3.63) is 0 Å². The van der Waals surface area contributed by atoms with Crippen LogP contribution in [0, 0.1) is 0 Å². The van der Waals surface area contributed by atoms with Crippen LogP contribution in [0.5, 0.6) is 0 Å². The summed E-state index contributed by atoms with van der Waals surface area (Å²) in [6.45, 7) is 1.23. The zero-order chi connectivity index (χ0) is 9.28. The molecule has 68 valence electrons. The van der Waals surface area contributed by atoms with Crippen LogP contribution in [0.15, 0.2) is 0 Å². The van der Waals surface area contributed by atoms with Crippen LogP contribution in [0.4, 0.5) is 0 Å². The molecule has 0 saturated carbocycles. The fraction of sp³-hybridized carbons (Fsp3) is 1.00. The van der Waals surface area contributed by atoms with E-state index in [0.717, 1.165) is 0 Å². The van der Waals surface area contributed by atoms with Gasteiger partial charge >= 0.3 is 66.7 Å². The maximum absolute atomic E-state index is 10.3. The van der Waals surface area contributed by atoms with Gasteiger partial charge in [0, 0.05) is 0 Å². The van der Waals surface area contributed by atoms with E-state index >= 15 is 0 Å². The molecule has 0 aromatic rings. The second kappa shape index (κ2) is 7.55. The minimum absolute atomic E-state index is 0. The van der Waals surface area contributed by atoms with E-state index in [1.54, 1.807) is 0 Å². The number of rotatable bonds is 3. The molecule has 13 heavy (non-hydrogen) atoms. The molecule has 1 atom stereocenters. The third-order valence-corrected chi connectivity index (χ3v) is 5.11. The van der Waals surface area contributed by atoms with Crippen LogP contribution in [-0.2, 0) is 9.13 Å². The van der Waals surface area contributed by atoms with Crippen LogP contribution < -0.4 is 68.9 Å². The Morgan fingerprint density at radius 1 is 1.23 bits per heavy atom. The summed E-state index contributed by atoms with van der Waals surface area (Å²) in [6, 6.07) is 0. The van der Waals surface area contributed by atoms with E-state index in [1.165, 1.54) is 6.92 Å². The standard InChI is InChI=1S/C3H10O6P2.2Na/c1-2-3(10(4,5)6)11(7,8)9;;/h3H,2H2,1H3,(H2,4,5,6)(H2,7,8,9);;/q;2*+1/p-2. The van der Waals surface area contributed by atoms with Gasteiger partial charge in [-0.3, -0.25) is 4.57 Å². The second-order valence-corrected chi connectivity index (χ2v) is 5.93. The molecule has 0 aliphatic rings. The first-order valence-corrected chi connectivity index (χ1v) is 6.06. The smallest absolute Gasteiger partial charge is 0.810 e. The minimum atomic E-state index is -5.16. The molecule has 10 heteroatoms. The fourth-order valence-corrected chi connectivity index (χ4v) is 3.04. The van der Waals surface area contributed by atoms with Gasteiger partial charge in [-0.05, 0) is 6.42 Å². The maximum Gasteiger partial charge on any atom is 1.00 e. The third-order valence-electron chi connectivity index (χ3n) is 1.12. The molecule has 0 fully saturated rings. The van der Waals surface area contributed by atoms with Gasteiger partial charge in [-0.25, -0.2) is 0 Å². The Kier molecular flexibility index (Phi) is 12.0. The van der Waals surface area contributed by atoms with E-state index in [2.05, 4.69) is 0 Å². The van der Waals surface area contributed by atoms with Gasteiger partial charge in [-0.15, -0.1) is 0 Å². The van der Waals surface area contributed by atoms with Gasteiger partial charge in [-0.1, -0.05) is 14.5 Å². The van der Waals surface area contributed by atoms with Gasteiger partial charge in [-0.2, -0.15) is 0 Å². The van der Waals surface area contributed by atoms with E-state index in [1.807, 2.05) is 0 Å². The van der Waals surface area contributed by atoms with Crippen molar-refractivity contribution in [2.24, 2.45) is 0 Å². The van der Waals surface area contributed by atoms with E-state index < -0.39 is 20.6 Å². The van der Waals surface area contributed by atoms with Crippen LogP contribution in [0.1, 0.15) is 13.3 Å². The summed E-state index contributed by atoms with van der Waals surface area (Å²) in [5.74, 6) is 0.